The quantitative estimate of drug-likeness (QED) is 0.453. The van der Waals surface area contributed by atoms with Crippen LogP contribution < -0.4 is 0 Å². The van der Waals surface area contributed by atoms with E-state index in [-0.39, 0.29) is 30.4 Å². The monoisotopic (exact) mass is 425 g/mol. The molecule has 0 radical (unpaired) electrons. The number of halogens is 4. The molecule has 158 valence electrons. The lowest BCUT2D eigenvalue weighted by Crippen LogP contribution is -2.14. The minimum atomic E-state index is -2.67. The Morgan fingerprint density at radius 1 is 0.871 bits per heavy atom. The summed E-state index contributed by atoms with van der Waals surface area (Å²) in [4.78, 5) is 4.43. The van der Waals surface area contributed by atoms with Gasteiger partial charge in [-0.3, -0.25) is 0 Å². The molecule has 1 heterocycles. The molecule has 3 aromatic rings. The van der Waals surface area contributed by atoms with E-state index in [1.54, 1.807) is 13.0 Å². The van der Waals surface area contributed by atoms with E-state index in [1.165, 1.54) is 18.2 Å². The highest BCUT2D eigenvalue weighted by atomic mass is 19.3. The molecule has 0 spiro atoms. The number of benzene rings is 3. The molecule has 3 aromatic carbocycles. The summed E-state index contributed by atoms with van der Waals surface area (Å²) in [6.07, 6.45) is -0.818. The molecule has 5 rings (SSSR count). The third-order valence-electron chi connectivity index (χ3n) is 5.87. The van der Waals surface area contributed by atoms with Crippen LogP contribution in [0.4, 0.5) is 17.6 Å². The van der Waals surface area contributed by atoms with Crippen molar-refractivity contribution in [1.82, 2.24) is 0 Å². The number of nitrogens with zero attached hydrogens (tertiary/aromatic N) is 1. The molecular weight excluding hydrogens is 406 g/mol. The summed E-state index contributed by atoms with van der Waals surface area (Å²) in [7, 11) is 0. The lowest BCUT2D eigenvalue weighted by molar-refractivity contribution is 0.0130. The van der Waals surface area contributed by atoms with E-state index in [1.807, 2.05) is 36.4 Å². The minimum absolute atomic E-state index is 0.0447. The van der Waals surface area contributed by atoms with Gasteiger partial charge in [0.05, 0.1) is 0 Å². The van der Waals surface area contributed by atoms with Gasteiger partial charge in [-0.2, -0.15) is 0 Å². The molecule has 1 aliphatic heterocycles. The topological polar surface area (TPSA) is 21.6 Å². The third-order valence-corrected chi connectivity index (χ3v) is 5.87. The molecule has 0 saturated heterocycles. The Morgan fingerprint density at radius 2 is 1.52 bits per heavy atom. The Labute approximate surface area is 177 Å². The van der Waals surface area contributed by atoms with Crippen molar-refractivity contribution in [2.75, 3.05) is 0 Å². The van der Waals surface area contributed by atoms with Gasteiger partial charge in [-0.1, -0.05) is 48.5 Å². The molecule has 0 saturated carbocycles. The van der Waals surface area contributed by atoms with Crippen molar-refractivity contribution in [3.63, 3.8) is 0 Å². The second-order valence-electron chi connectivity index (χ2n) is 8.11. The van der Waals surface area contributed by atoms with Crippen LogP contribution in [0.5, 0.6) is 0 Å². The van der Waals surface area contributed by atoms with Crippen molar-refractivity contribution in [1.29, 1.82) is 0 Å². The van der Waals surface area contributed by atoms with Crippen LogP contribution in [-0.2, 0) is 17.6 Å². The second-order valence-corrected chi connectivity index (χ2v) is 8.11. The summed E-state index contributed by atoms with van der Waals surface area (Å²) in [6.45, 7) is 1.80. The van der Waals surface area contributed by atoms with Crippen LogP contribution in [0, 0.1) is 11.6 Å². The molecule has 0 bridgehead atoms. The number of fused-ring (bicyclic) bond motifs is 1. The van der Waals surface area contributed by atoms with E-state index >= 15 is 0 Å². The summed E-state index contributed by atoms with van der Waals surface area (Å²) in [5.41, 5.74) is 3.74. The number of rotatable bonds is 3. The first-order chi connectivity index (χ1) is 14.8. The summed E-state index contributed by atoms with van der Waals surface area (Å²) in [5.74, 6) is -4.15. The molecule has 0 fully saturated rings. The first-order valence-electron chi connectivity index (χ1n) is 10.1. The van der Waals surface area contributed by atoms with Crippen molar-refractivity contribution >= 4 is 5.90 Å². The lowest BCUT2D eigenvalue weighted by atomic mass is 9.97. The van der Waals surface area contributed by atoms with E-state index in [0.717, 1.165) is 16.7 Å². The van der Waals surface area contributed by atoms with E-state index < -0.39 is 23.6 Å². The van der Waals surface area contributed by atoms with Crippen LogP contribution in [0.3, 0.4) is 0 Å². The van der Waals surface area contributed by atoms with Gasteiger partial charge in [0.15, 0.2) is 0 Å². The number of alkyl halides is 2. The summed E-state index contributed by atoms with van der Waals surface area (Å²) >= 11 is 0. The largest absolute Gasteiger partial charge is 0.472 e. The number of ether oxygens (including phenoxy) is 1. The average Bonchev–Trinajstić information content (AvgIpc) is 3.25. The molecule has 2 aliphatic rings. The summed E-state index contributed by atoms with van der Waals surface area (Å²) < 4.78 is 61.2. The SMILES string of the molecule is C[C@@H]1OC(c2c(F)cccc2F)=N[C@@H]1c1ccc(-c2ccc3c(c2)CC(F)(F)C3)cc1. The van der Waals surface area contributed by atoms with Crippen molar-refractivity contribution < 1.29 is 22.3 Å². The minimum Gasteiger partial charge on any atom is -0.472 e. The fraction of sp³-hybridized carbons (Fsp3) is 0.240. The van der Waals surface area contributed by atoms with Gasteiger partial charge in [-0.05, 0) is 46.9 Å². The van der Waals surface area contributed by atoms with Gasteiger partial charge in [0.2, 0.25) is 5.90 Å². The first-order valence-corrected chi connectivity index (χ1v) is 10.1. The van der Waals surface area contributed by atoms with Crippen LogP contribution in [-0.4, -0.2) is 17.9 Å². The highest BCUT2D eigenvalue weighted by Crippen LogP contribution is 2.37. The third kappa shape index (κ3) is 3.60. The Hall–Kier alpha value is -3.15. The van der Waals surface area contributed by atoms with Gasteiger partial charge in [0, 0.05) is 12.8 Å². The molecule has 0 N–H and O–H groups in total. The number of hydrogen-bond acceptors (Lipinski definition) is 2. The average molecular weight is 425 g/mol. The standard InChI is InChI=1S/C25H19F4NO/c1-14-23(30-24(31-14)22-20(26)3-2-4-21(22)27)16-7-5-15(6-8-16)17-9-10-18-12-25(28,29)13-19(18)11-17/h2-11,14,23H,12-13H2,1H3/t14-,23-/m0/s1. The van der Waals surface area contributed by atoms with Crippen LogP contribution >= 0.6 is 0 Å². The van der Waals surface area contributed by atoms with Crippen molar-refractivity contribution in [3.05, 3.63) is 94.6 Å². The van der Waals surface area contributed by atoms with Crippen molar-refractivity contribution in [2.45, 2.75) is 37.8 Å². The van der Waals surface area contributed by atoms with E-state index in [0.29, 0.717) is 11.1 Å². The second kappa shape index (κ2) is 7.22. The van der Waals surface area contributed by atoms with Crippen molar-refractivity contribution in [3.8, 4) is 11.1 Å². The molecular formula is C25H19F4NO. The van der Waals surface area contributed by atoms with E-state index in [4.69, 9.17) is 4.74 Å². The Bertz CT molecular complexity index is 1170. The normalized spacial score (nSPS) is 21.5. The van der Waals surface area contributed by atoms with Gasteiger partial charge in [0.1, 0.15) is 29.3 Å². The summed E-state index contributed by atoms with van der Waals surface area (Å²) in [6, 6.07) is 16.2. The zero-order valence-corrected chi connectivity index (χ0v) is 16.7. The van der Waals surface area contributed by atoms with E-state index in [2.05, 4.69) is 4.99 Å². The Balaban J connectivity index is 1.41. The maximum atomic E-state index is 14.1. The maximum Gasteiger partial charge on any atom is 0.256 e. The van der Waals surface area contributed by atoms with Crippen molar-refractivity contribution in [2.24, 2.45) is 4.99 Å². The number of aliphatic imine (C=N–C) groups is 1. The van der Waals surface area contributed by atoms with Crippen LogP contribution in [0.1, 0.15) is 35.2 Å². The number of hydrogen-bond donors (Lipinski definition) is 0. The predicted molar refractivity (Wildman–Crippen MR) is 110 cm³/mol. The zero-order valence-electron chi connectivity index (χ0n) is 16.7. The predicted octanol–water partition coefficient (Wildman–Crippen LogP) is 6.27. The van der Waals surface area contributed by atoms with Gasteiger partial charge < -0.3 is 4.74 Å². The molecule has 31 heavy (non-hydrogen) atoms. The highest BCUT2D eigenvalue weighted by Gasteiger charge is 2.37. The smallest absolute Gasteiger partial charge is 0.256 e. The molecule has 2 nitrogen and oxygen atoms in total. The van der Waals surface area contributed by atoms with Crippen LogP contribution in [0.25, 0.3) is 11.1 Å². The maximum absolute atomic E-state index is 14.1. The molecule has 0 unspecified atom stereocenters. The molecule has 0 aromatic heterocycles. The first kappa shape index (κ1) is 19.8. The van der Waals surface area contributed by atoms with Gasteiger partial charge in [-0.15, -0.1) is 0 Å². The Morgan fingerprint density at radius 3 is 2.23 bits per heavy atom. The van der Waals surface area contributed by atoms with Gasteiger partial charge in [-0.25, -0.2) is 22.6 Å². The zero-order chi connectivity index (χ0) is 21.8. The van der Waals surface area contributed by atoms with Crippen LogP contribution in [0.15, 0.2) is 65.7 Å². The fourth-order valence-electron chi connectivity index (χ4n) is 4.31. The Kier molecular flexibility index (Phi) is 4.61. The fourth-order valence-corrected chi connectivity index (χ4v) is 4.31. The van der Waals surface area contributed by atoms with Gasteiger partial charge in [0.25, 0.3) is 5.92 Å². The molecule has 2 atom stereocenters. The van der Waals surface area contributed by atoms with Gasteiger partial charge >= 0.3 is 0 Å². The highest BCUT2D eigenvalue weighted by molar-refractivity contribution is 5.96. The molecule has 1 aliphatic carbocycles. The van der Waals surface area contributed by atoms with E-state index in [9.17, 15) is 17.6 Å². The lowest BCUT2D eigenvalue weighted by Gasteiger charge is -2.14. The van der Waals surface area contributed by atoms with Crippen LogP contribution in [0.2, 0.25) is 0 Å². The summed E-state index contributed by atoms with van der Waals surface area (Å²) in [5, 5.41) is 0. The molecule has 0 amide bonds. The molecule has 6 heteroatoms.